The van der Waals surface area contributed by atoms with E-state index in [0.29, 0.717) is 28.4 Å². The molecule has 2 amide bonds. The zero-order valence-electron chi connectivity index (χ0n) is 18.0. The Labute approximate surface area is 199 Å². The van der Waals surface area contributed by atoms with Crippen LogP contribution in [0.4, 0.5) is 11.4 Å². The van der Waals surface area contributed by atoms with Gasteiger partial charge in [-0.2, -0.15) is 0 Å². The molecule has 1 saturated heterocycles. The van der Waals surface area contributed by atoms with Crippen LogP contribution in [-0.2, 0) is 14.3 Å². The van der Waals surface area contributed by atoms with Crippen molar-refractivity contribution in [1.29, 1.82) is 0 Å². The summed E-state index contributed by atoms with van der Waals surface area (Å²) in [5.74, 6) is -0.464. The van der Waals surface area contributed by atoms with Gasteiger partial charge in [0, 0.05) is 23.2 Å². The Morgan fingerprint density at radius 3 is 2.64 bits per heavy atom. The molecular weight excluding hydrogens is 492 g/mol. The van der Waals surface area contributed by atoms with Gasteiger partial charge in [0.1, 0.15) is 17.6 Å². The van der Waals surface area contributed by atoms with Crippen LogP contribution in [0.15, 0.2) is 42.5 Å². The van der Waals surface area contributed by atoms with Crippen molar-refractivity contribution in [3.8, 4) is 11.5 Å². The number of fused-ring (bicyclic) bond motifs is 1. The maximum absolute atomic E-state index is 13.1. The molecule has 33 heavy (non-hydrogen) atoms. The Morgan fingerprint density at radius 2 is 1.88 bits per heavy atom. The fraction of sp³-hybridized carbons (Fsp3) is 0.375. The summed E-state index contributed by atoms with van der Waals surface area (Å²) in [6.45, 7) is 0. The SMILES string of the molecule is COc1ccc(OC)c(NC(=O)c2cccc(NC(=O)[C@@H]3[C@H]4C[C@H]5[C@H](OC(=O)[C@@H]53)[C@@H]4Br)c2)c1. The van der Waals surface area contributed by atoms with E-state index in [0.717, 1.165) is 6.42 Å². The van der Waals surface area contributed by atoms with Crippen LogP contribution < -0.4 is 20.1 Å². The lowest BCUT2D eigenvalue weighted by molar-refractivity contribution is -0.145. The summed E-state index contributed by atoms with van der Waals surface area (Å²) >= 11 is 3.63. The van der Waals surface area contributed by atoms with Gasteiger partial charge in [0.15, 0.2) is 0 Å². The number of amides is 2. The molecule has 3 fully saturated rings. The number of halogens is 1. The molecule has 2 bridgehead atoms. The monoisotopic (exact) mass is 514 g/mol. The number of carbonyl (C=O) groups excluding carboxylic acids is 3. The van der Waals surface area contributed by atoms with E-state index in [1.807, 2.05) is 0 Å². The van der Waals surface area contributed by atoms with Crippen molar-refractivity contribution in [2.24, 2.45) is 23.7 Å². The van der Waals surface area contributed by atoms with Gasteiger partial charge in [-0.3, -0.25) is 14.4 Å². The lowest BCUT2D eigenvalue weighted by atomic mass is 9.79. The van der Waals surface area contributed by atoms with E-state index in [1.54, 1.807) is 49.6 Å². The van der Waals surface area contributed by atoms with Gasteiger partial charge >= 0.3 is 5.97 Å². The number of alkyl halides is 1. The van der Waals surface area contributed by atoms with Gasteiger partial charge in [-0.05, 0) is 42.7 Å². The quantitative estimate of drug-likeness (QED) is 0.451. The van der Waals surface area contributed by atoms with Gasteiger partial charge in [0.05, 0.1) is 36.6 Å². The Bertz CT molecular complexity index is 1140. The summed E-state index contributed by atoms with van der Waals surface area (Å²) in [5, 5.41) is 5.72. The van der Waals surface area contributed by atoms with Crippen LogP contribution in [0.5, 0.6) is 11.5 Å². The van der Waals surface area contributed by atoms with Gasteiger partial charge in [-0.25, -0.2) is 0 Å². The first-order valence-corrected chi connectivity index (χ1v) is 11.6. The highest BCUT2D eigenvalue weighted by Crippen LogP contribution is 2.60. The van der Waals surface area contributed by atoms with Crippen LogP contribution in [0.2, 0.25) is 0 Å². The minimum atomic E-state index is -0.441. The van der Waals surface area contributed by atoms with E-state index < -0.39 is 5.92 Å². The van der Waals surface area contributed by atoms with Crippen LogP contribution in [0.3, 0.4) is 0 Å². The maximum Gasteiger partial charge on any atom is 0.310 e. The molecule has 1 aliphatic heterocycles. The first-order valence-electron chi connectivity index (χ1n) is 10.7. The molecule has 9 heteroatoms. The number of carbonyl (C=O) groups is 3. The van der Waals surface area contributed by atoms with E-state index in [1.165, 1.54) is 7.11 Å². The van der Waals surface area contributed by atoms with Gasteiger partial charge in [0.2, 0.25) is 5.91 Å². The van der Waals surface area contributed by atoms with E-state index in [-0.39, 0.29) is 46.5 Å². The fourth-order valence-corrected chi connectivity index (χ4v) is 6.45. The number of methoxy groups -OCH3 is 2. The lowest BCUT2D eigenvalue weighted by Gasteiger charge is -2.27. The number of esters is 1. The molecule has 2 aliphatic carbocycles. The molecule has 5 rings (SSSR count). The van der Waals surface area contributed by atoms with Crippen LogP contribution in [0.25, 0.3) is 0 Å². The molecular formula is C24H23BrN2O6. The lowest BCUT2D eigenvalue weighted by Crippen LogP contribution is -2.40. The van der Waals surface area contributed by atoms with Crippen molar-refractivity contribution in [3.63, 3.8) is 0 Å². The molecule has 0 spiro atoms. The Morgan fingerprint density at radius 1 is 1.06 bits per heavy atom. The van der Waals surface area contributed by atoms with Crippen LogP contribution >= 0.6 is 15.9 Å². The van der Waals surface area contributed by atoms with Crippen LogP contribution in [0, 0.1) is 23.7 Å². The highest BCUT2D eigenvalue weighted by atomic mass is 79.9. The summed E-state index contributed by atoms with van der Waals surface area (Å²) in [4.78, 5) is 38.3. The highest BCUT2D eigenvalue weighted by Gasteiger charge is 2.67. The second-order valence-corrected chi connectivity index (χ2v) is 9.61. The molecule has 0 aromatic heterocycles. The third-order valence-electron chi connectivity index (χ3n) is 6.87. The molecule has 2 N–H and O–H groups in total. The van der Waals surface area contributed by atoms with Crippen molar-refractivity contribution >= 4 is 45.1 Å². The van der Waals surface area contributed by atoms with Crippen molar-refractivity contribution < 1.29 is 28.6 Å². The number of hydrogen-bond acceptors (Lipinski definition) is 6. The standard InChI is InChI=1S/C24H23BrN2O6/c1-31-13-6-7-17(32-2)16(9-13)27-22(28)11-4-3-5-12(8-11)26-23(29)18-14-10-15-19(18)24(30)33-21(15)20(14)25/h3-9,14-15,18-21H,10H2,1-2H3,(H,26,29)(H,27,28)/t14-,15-,18-,19+,20-,21+/m1/s1. The molecule has 2 aromatic rings. The second kappa shape index (κ2) is 8.37. The number of benzene rings is 2. The second-order valence-electron chi connectivity index (χ2n) is 8.55. The van der Waals surface area contributed by atoms with E-state index >= 15 is 0 Å². The van der Waals surface area contributed by atoms with Gasteiger partial charge in [-0.1, -0.05) is 22.0 Å². The highest BCUT2D eigenvalue weighted by molar-refractivity contribution is 9.09. The zero-order valence-corrected chi connectivity index (χ0v) is 19.6. The maximum atomic E-state index is 13.1. The molecule has 8 nitrogen and oxygen atoms in total. The van der Waals surface area contributed by atoms with Crippen LogP contribution in [0.1, 0.15) is 16.8 Å². The minimum Gasteiger partial charge on any atom is -0.497 e. The average molecular weight is 515 g/mol. The smallest absolute Gasteiger partial charge is 0.310 e. The molecule has 0 unspecified atom stereocenters. The summed E-state index contributed by atoms with van der Waals surface area (Å²) in [6.07, 6.45) is 0.678. The Hall–Kier alpha value is -3.07. The van der Waals surface area contributed by atoms with E-state index in [4.69, 9.17) is 14.2 Å². The zero-order chi connectivity index (χ0) is 23.3. The number of hydrogen-bond donors (Lipinski definition) is 2. The van der Waals surface area contributed by atoms with Crippen molar-refractivity contribution in [2.75, 3.05) is 24.9 Å². The summed E-state index contributed by atoms with van der Waals surface area (Å²) in [7, 11) is 3.06. The molecule has 1 heterocycles. The number of ether oxygens (including phenoxy) is 3. The summed E-state index contributed by atoms with van der Waals surface area (Å²) in [5.41, 5.74) is 1.32. The van der Waals surface area contributed by atoms with Crippen molar-refractivity contribution in [1.82, 2.24) is 0 Å². The molecule has 6 atom stereocenters. The Balaban J connectivity index is 1.31. The van der Waals surface area contributed by atoms with Crippen molar-refractivity contribution in [3.05, 3.63) is 48.0 Å². The molecule has 2 saturated carbocycles. The average Bonchev–Trinajstić information content (AvgIpc) is 3.43. The van der Waals surface area contributed by atoms with Crippen molar-refractivity contribution in [2.45, 2.75) is 17.4 Å². The number of anilines is 2. The summed E-state index contributed by atoms with van der Waals surface area (Å²) < 4.78 is 16.0. The molecule has 3 aliphatic rings. The molecule has 2 aromatic carbocycles. The third-order valence-corrected chi connectivity index (χ3v) is 8.07. The largest absolute Gasteiger partial charge is 0.497 e. The predicted molar refractivity (Wildman–Crippen MR) is 124 cm³/mol. The topological polar surface area (TPSA) is 103 Å². The Kier molecular flexibility index (Phi) is 5.52. The molecule has 172 valence electrons. The number of rotatable bonds is 6. The van der Waals surface area contributed by atoms with Gasteiger partial charge in [-0.15, -0.1) is 0 Å². The first kappa shape index (κ1) is 21.8. The summed E-state index contributed by atoms with van der Waals surface area (Å²) in [6, 6.07) is 11.8. The van der Waals surface area contributed by atoms with Gasteiger partial charge in [0.25, 0.3) is 5.91 Å². The fourth-order valence-electron chi connectivity index (χ4n) is 5.40. The van der Waals surface area contributed by atoms with E-state index in [2.05, 4.69) is 26.6 Å². The third kappa shape index (κ3) is 3.64. The number of nitrogens with one attached hydrogen (secondary N) is 2. The normalized spacial score (nSPS) is 28.9. The van der Waals surface area contributed by atoms with Crippen LogP contribution in [-0.4, -0.2) is 42.9 Å². The molecule has 0 radical (unpaired) electrons. The first-order chi connectivity index (χ1) is 15.9. The minimum absolute atomic E-state index is 0.00379. The predicted octanol–water partition coefficient (Wildman–Crippen LogP) is 3.47. The van der Waals surface area contributed by atoms with E-state index in [9.17, 15) is 14.4 Å². The van der Waals surface area contributed by atoms with Gasteiger partial charge < -0.3 is 24.8 Å².